The Morgan fingerprint density at radius 3 is 2.45 bits per heavy atom. The van der Waals surface area contributed by atoms with Gasteiger partial charge in [0.2, 0.25) is 17.8 Å². The number of ketones is 1. The lowest BCUT2D eigenvalue weighted by Gasteiger charge is -2.02. The maximum Gasteiger partial charge on any atom is 0.227 e. The summed E-state index contributed by atoms with van der Waals surface area (Å²) in [5.41, 5.74) is 1.38. The quantitative estimate of drug-likeness (QED) is 0.527. The zero-order valence-corrected chi connectivity index (χ0v) is 10.8. The summed E-state index contributed by atoms with van der Waals surface area (Å²) in [5.74, 6) is -0.267. The molecule has 1 aromatic heterocycles. The van der Waals surface area contributed by atoms with E-state index in [2.05, 4.69) is 0 Å². The summed E-state index contributed by atoms with van der Waals surface area (Å²) in [6, 6.07) is 17.7. The van der Waals surface area contributed by atoms with Gasteiger partial charge in [0.15, 0.2) is 6.20 Å². The summed E-state index contributed by atoms with van der Waals surface area (Å²) in [4.78, 5) is 12.2. The molecule has 0 amide bonds. The van der Waals surface area contributed by atoms with Gasteiger partial charge in [0.1, 0.15) is 5.82 Å². The fourth-order valence-corrected chi connectivity index (χ4v) is 2.26. The molecular formula is C17H13FNO+. The molecule has 0 saturated heterocycles. The van der Waals surface area contributed by atoms with Crippen LogP contribution in [0.2, 0.25) is 0 Å². The van der Waals surface area contributed by atoms with Crippen molar-refractivity contribution in [3.8, 4) is 0 Å². The summed E-state index contributed by atoms with van der Waals surface area (Å²) < 4.78 is 15.5. The number of aromatic nitrogens is 1. The standard InChI is InChI=1S/C17H13FNO/c18-15-10-11-19(16-9-5-4-8-14(15)16)12-17(20)13-6-2-1-3-7-13/h1-11H,12H2/q+1. The average molecular weight is 266 g/mol. The summed E-state index contributed by atoms with van der Waals surface area (Å²) in [6.07, 6.45) is 1.61. The minimum atomic E-state index is -0.274. The molecule has 0 aliphatic heterocycles. The maximum absolute atomic E-state index is 13.7. The van der Waals surface area contributed by atoms with Gasteiger partial charge in [-0.15, -0.1) is 0 Å². The molecule has 0 N–H and O–H groups in total. The molecule has 2 nitrogen and oxygen atoms in total. The SMILES string of the molecule is O=C(C[n+]1ccc(F)c2ccccc21)c1ccccc1. The summed E-state index contributed by atoms with van der Waals surface area (Å²) in [6.45, 7) is 0.199. The molecule has 0 radical (unpaired) electrons. The summed E-state index contributed by atoms with van der Waals surface area (Å²) in [5, 5.41) is 0.524. The maximum atomic E-state index is 13.7. The van der Waals surface area contributed by atoms with Gasteiger partial charge in [0.25, 0.3) is 0 Å². The first-order valence-corrected chi connectivity index (χ1v) is 6.40. The van der Waals surface area contributed by atoms with Crippen LogP contribution in [-0.4, -0.2) is 5.78 Å². The van der Waals surface area contributed by atoms with Crippen molar-refractivity contribution in [3.05, 3.63) is 78.2 Å². The molecule has 1 heterocycles. The second-order valence-corrected chi connectivity index (χ2v) is 4.60. The highest BCUT2D eigenvalue weighted by Crippen LogP contribution is 2.13. The van der Waals surface area contributed by atoms with Crippen molar-refractivity contribution < 1.29 is 13.8 Å². The van der Waals surface area contributed by atoms with Crippen LogP contribution < -0.4 is 4.57 Å². The molecule has 3 heteroatoms. The minimum absolute atomic E-state index is 0.00682. The molecule has 98 valence electrons. The van der Waals surface area contributed by atoms with Crippen molar-refractivity contribution in [3.63, 3.8) is 0 Å². The van der Waals surface area contributed by atoms with Crippen LogP contribution in [0.3, 0.4) is 0 Å². The van der Waals surface area contributed by atoms with Crippen LogP contribution in [0.5, 0.6) is 0 Å². The number of nitrogens with zero attached hydrogens (tertiary/aromatic N) is 1. The molecule has 3 rings (SSSR count). The second-order valence-electron chi connectivity index (χ2n) is 4.60. The van der Waals surface area contributed by atoms with Gasteiger partial charge in [0.05, 0.1) is 5.39 Å². The van der Waals surface area contributed by atoms with E-state index in [1.807, 2.05) is 30.3 Å². The van der Waals surface area contributed by atoms with Gasteiger partial charge in [-0.1, -0.05) is 42.5 Å². The van der Waals surface area contributed by atoms with Crippen molar-refractivity contribution in [2.75, 3.05) is 0 Å². The van der Waals surface area contributed by atoms with Crippen LogP contribution in [0.1, 0.15) is 10.4 Å². The first-order valence-electron chi connectivity index (χ1n) is 6.40. The van der Waals surface area contributed by atoms with E-state index in [0.717, 1.165) is 5.52 Å². The van der Waals surface area contributed by atoms with E-state index in [4.69, 9.17) is 0 Å². The van der Waals surface area contributed by atoms with Crippen LogP contribution in [0, 0.1) is 5.82 Å². The Hall–Kier alpha value is -2.55. The molecule has 0 bridgehead atoms. The summed E-state index contributed by atoms with van der Waals surface area (Å²) >= 11 is 0. The fourth-order valence-electron chi connectivity index (χ4n) is 2.26. The summed E-state index contributed by atoms with van der Waals surface area (Å²) in [7, 11) is 0. The molecule has 0 aliphatic rings. The predicted octanol–water partition coefficient (Wildman–Crippen LogP) is 3.15. The van der Waals surface area contributed by atoms with E-state index in [9.17, 15) is 9.18 Å². The van der Waals surface area contributed by atoms with Gasteiger partial charge in [-0.05, 0) is 6.07 Å². The van der Waals surface area contributed by atoms with E-state index in [1.54, 1.807) is 35.0 Å². The van der Waals surface area contributed by atoms with E-state index in [-0.39, 0.29) is 18.1 Å². The highest BCUT2D eigenvalue weighted by atomic mass is 19.1. The Bertz CT molecular complexity index is 768. The zero-order valence-electron chi connectivity index (χ0n) is 10.8. The lowest BCUT2D eigenvalue weighted by Crippen LogP contribution is -2.38. The van der Waals surface area contributed by atoms with E-state index in [1.165, 1.54) is 6.07 Å². The third-order valence-electron chi connectivity index (χ3n) is 3.28. The van der Waals surface area contributed by atoms with Crippen LogP contribution in [0.15, 0.2) is 66.9 Å². The van der Waals surface area contributed by atoms with Gasteiger partial charge in [-0.2, -0.15) is 4.57 Å². The van der Waals surface area contributed by atoms with Gasteiger partial charge >= 0.3 is 0 Å². The number of pyridine rings is 1. The predicted molar refractivity (Wildman–Crippen MR) is 74.9 cm³/mol. The lowest BCUT2D eigenvalue weighted by molar-refractivity contribution is -0.657. The number of carbonyl (C=O) groups is 1. The molecule has 0 unspecified atom stereocenters. The number of hydrogen-bond acceptors (Lipinski definition) is 1. The first-order chi connectivity index (χ1) is 9.75. The Labute approximate surface area is 116 Å². The topological polar surface area (TPSA) is 20.9 Å². The second kappa shape index (κ2) is 5.21. The van der Waals surface area contributed by atoms with Gasteiger partial charge in [0, 0.05) is 17.7 Å². The van der Waals surface area contributed by atoms with E-state index in [0.29, 0.717) is 10.9 Å². The number of benzene rings is 2. The largest absolute Gasteiger partial charge is 0.287 e. The van der Waals surface area contributed by atoms with Crippen LogP contribution in [0.4, 0.5) is 4.39 Å². The Balaban J connectivity index is 2.00. The number of para-hydroxylation sites is 1. The Kier molecular flexibility index (Phi) is 3.25. The van der Waals surface area contributed by atoms with Crippen molar-refractivity contribution in [2.45, 2.75) is 6.54 Å². The molecule has 0 spiro atoms. The monoisotopic (exact) mass is 266 g/mol. The smallest absolute Gasteiger partial charge is 0.227 e. The van der Waals surface area contributed by atoms with Crippen LogP contribution in [0.25, 0.3) is 10.9 Å². The van der Waals surface area contributed by atoms with Gasteiger partial charge in [-0.3, -0.25) is 4.79 Å². The highest BCUT2D eigenvalue weighted by molar-refractivity contribution is 5.95. The highest BCUT2D eigenvalue weighted by Gasteiger charge is 2.16. The third-order valence-corrected chi connectivity index (χ3v) is 3.28. The molecule has 0 atom stereocenters. The number of hydrogen-bond donors (Lipinski definition) is 0. The third kappa shape index (κ3) is 2.30. The van der Waals surface area contributed by atoms with Gasteiger partial charge in [-0.25, -0.2) is 4.39 Å². The van der Waals surface area contributed by atoms with Crippen LogP contribution >= 0.6 is 0 Å². The first kappa shape index (κ1) is 12.5. The molecule has 20 heavy (non-hydrogen) atoms. The molecule has 0 aliphatic carbocycles. The molecule has 0 fully saturated rings. The molecule has 0 saturated carbocycles. The van der Waals surface area contributed by atoms with Crippen molar-refractivity contribution >= 4 is 16.7 Å². The number of rotatable bonds is 3. The number of fused-ring (bicyclic) bond motifs is 1. The fraction of sp³-hybridized carbons (Fsp3) is 0.0588. The average Bonchev–Trinajstić information content (AvgIpc) is 2.51. The Morgan fingerprint density at radius 1 is 0.950 bits per heavy atom. The molecule has 3 aromatic rings. The Morgan fingerprint density at radius 2 is 1.65 bits per heavy atom. The van der Waals surface area contributed by atoms with Crippen molar-refractivity contribution in [2.24, 2.45) is 0 Å². The molecular weight excluding hydrogens is 253 g/mol. The number of Topliss-reactive ketones (excluding diaryl/α,β-unsaturated/α-hetero) is 1. The number of carbonyl (C=O) groups excluding carboxylic acids is 1. The van der Waals surface area contributed by atoms with Gasteiger partial charge < -0.3 is 0 Å². The van der Waals surface area contributed by atoms with Crippen molar-refractivity contribution in [1.82, 2.24) is 0 Å². The van der Waals surface area contributed by atoms with Crippen molar-refractivity contribution in [1.29, 1.82) is 0 Å². The lowest BCUT2D eigenvalue weighted by atomic mass is 10.1. The van der Waals surface area contributed by atoms with Crippen LogP contribution in [-0.2, 0) is 6.54 Å². The van der Waals surface area contributed by atoms with E-state index >= 15 is 0 Å². The molecule has 2 aromatic carbocycles. The number of halogens is 1. The van der Waals surface area contributed by atoms with E-state index < -0.39 is 0 Å². The normalized spacial score (nSPS) is 10.7. The zero-order chi connectivity index (χ0) is 13.9. The minimum Gasteiger partial charge on any atom is -0.287 e.